The summed E-state index contributed by atoms with van der Waals surface area (Å²) in [7, 11) is 3.14. The summed E-state index contributed by atoms with van der Waals surface area (Å²) in [5.41, 5.74) is 0.113. The van der Waals surface area contributed by atoms with Crippen LogP contribution in [0, 0.1) is 0 Å². The molecule has 9 nitrogen and oxygen atoms in total. The highest BCUT2D eigenvalue weighted by atomic mass is 16.7. The second kappa shape index (κ2) is 8.27. The number of methoxy groups -OCH3 is 2. The maximum atomic E-state index is 12.4. The first kappa shape index (κ1) is 20.3. The number of nitrogens with one attached hydrogen (secondary N) is 1. The molecule has 0 bridgehead atoms. The van der Waals surface area contributed by atoms with E-state index in [-0.39, 0.29) is 6.54 Å². The van der Waals surface area contributed by atoms with Crippen molar-refractivity contribution in [3.8, 4) is 11.5 Å². The first-order valence-corrected chi connectivity index (χ1v) is 8.88. The lowest BCUT2D eigenvalue weighted by molar-refractivity contribution is -0.146. The average Bonchev–Trinajstić information content (AvgIpc) is 2.74. The minimum Gasteiger partial charge on any atom is -0.497 e. The SMILES string of the molecule is COc1cc(OC)cc(C(C)(C)NCC(=O)On2nnc3ccccc3c2=O)c1. The Hall–Kier alpha value is -3.46. The van der Waals surface area contributed by atoms with E-state index >= 15 is 0 Å². The Kier molecular flexibility index (Phi) is 5.79. The molecule has 1 N–H and O–H groups in total. The lowest BCUT2D eigenvalue weighted by Crippen LogP contribution is -2.44. The van der Waals surface area contributed by atoms with Crippen LogP contribution in [0.1, 0.15) is 19.4 Å². The van der Waals surface area contributed by atoms with Crippen LogP contribution in [0.4, 0.5) is 0 Å². The van der Waals surface area contributed by atoms with Gasteiger partial charge >= 0.3 is 11.5 Å². The third-order valence-corrected chi connectivity index (χ3v) is 4.48. The van der Waals surface area contributed by atoms with Crippen LogP contribution >= 0.6 is 0 Å². The highest BCUT2D eigenvalue weighted by molar-refractivity contribution is 5.76. The number of aromatic nitrogens is 3. The Morgan fingerprint density at radius 1 is 1.10 bits per heavy atom. The zero-order valence-electron chi connectivity index (χ0n) is 16.6. The second-order valence-electron chi connectivity index (χ2n) is 6.83. The molecule has 29 heavy (non-hydrogen) atoms. The summed E-state index contributed by atoms with van der Waals surface area (Å²) >= 11 is 0. The lowest BCUT2D eigenvalue weighted by Gasteiger charge is -2.27. The van der Waals surface area contributed by atoms with Crippen LogP contribution in [0.2, 0.25) is 0 Å². The molecule has 0 aliphatic rings. The summed E-state index contributed by atoms with van der Waals surface area (Å²) in [6.07, 6.45) is 0. The molecular weight excluding hydrogens is 376 g/mol. The van der Waals surface area contributed by atoms with E-state index < -0.39 is 17.1 Å². The number of rotatable bonds is 7. The highest BCUT2D eigenvalue weighted by Crippen LogP contribution is 2.29. The van der Waals surface area contributed by atoms with Gasteiger partial charge in [-0.1, -0.05) is 12.1 Å². The van der Waals surface area contributed by atoms with Crippen molar-refractivity contribution in [3.05, 3.63) is 58.4 Å². The number of nitrogens with zero attached hydrogens (tertiary/aromatic N) is 3. The van der Waals surface area contributed by atoms with Gasteiger partial charge in [0.15, 0.2) is 0 Å². The van der Waals surface area contributed by atoms with Crippen molar-refractivity contribution in [2.45, 2.75) is 19.4 Å². The molecule has 1 aromatic heterocycles. The maximum Gasteiger partial charge on any atom is 0.348 e. The molecule has 3 rings (SSSR count). The fourth-order valence-electron chi connectivity index (χ4n) is 2.73. The molecule has 0 fully saturated rings. The summed E-state index contributed by atoms with van der Waals surface area (Å²) in [4.78, 5) is 30.3. The van der Waals surface area contributed by atoms with Crippen LogP contribution in [0.5, 0.6) is 11.5 Å². The van der Waals surface area contributed by atoms with Gasteiger partial charge in [-0.3, -0.25) is 10.1 Å². The molecule has 0 aliphatic carbocycles. The largest absolute Gasteiger partial charge is 0.497 e. The number of ether oxygens (including phenoxy) is 2. The zero-order valence-corrected chi connectivity index (χ0v) is 16.6. The number of carbonyl (C=O) groups is 1. The smallest absolute Gasteiger partial charge is 0.348 e. The molecule has 152 valence electrons. The van der Waals surface area contributed by atoms with Gasteiger partial charge in [0.25, 0.3) is 0 Å². The molecule has 3 aromatic rings. The summed E-state index contributed by atoms with van der Waals surface area (Å²) in [6, 6.07) is 12.1. The van der Waals surface area contributed by atoms with Crippen molar-refractivity contribution in [3.63, 3.8) is 0 Å². The van der Waals surface area contributed by atoms with Crippen LogP contribution < -0.4 is 25.2 Å². The number of hydrogen-bond acceptors (Lipinski definition) is 8. The highest BCUT2D eigenvalue weighted by Gasteiger charge is 2.23. The van der Waals surface area contributed by atoms with Crippen LogP contribution in [-0.4, -0.2) is 41.9 Å². The van der Waals surface area contributed by atoms with Gasteiger partial charge in [-0.05, 0) is 53.7 Å². The average molecular weight is 398 g/mol. The fourth-order valence-corrected chi connectivity index (χ4v) is 2.73. The number of hydrogen-bond donors (Lipinski definition) is 1. The van der Waals surface area contributed by atoms with Crippen molar-refractivity contribution in [1.29, 1.82) is 0 Å². The van der Waals surface area contributed by atoms with E-state index in [1.165, 1.54) is 0 Å². The molecule has 9 heteroatoms. The predicted molar refractivity (Wildman–Crippen MR) is 106 cm³/mol. The van der Waals surface area contributed by atoms with E-state index in [4.69, 9.17) is 14.3 Å². The molecule has 0 saturated carbocycles. The fraction of sp³-hybridized carbons (Fsp3) is 0.300. The lowest BCUT2D eigenvalue weighted by atomic mass is 9.93. The monoisotopic (exact) mass is 398 g/mol. The number of fused-ring (bicyclic) bond motifs is 1. The van der Waals surface area contributed by atoms with Gasteiger partial charge in [-0.2, -0.15) is 0 Å². The molecule has 0 atom stereocenters. The van der Waals surface area contributed by atoms with Gasteiger partial charge in [-0.15, -0.1) is 5.10 Å². The third kappa shape index (κ3) is 4.52. The Morgan fingerprint density at radius 2 is 1.76 bits per heavy atom. The van der Waals surface area contributed by atoms with Crippen molar-refractivity contribution in [2.75, 3.05) is 20.8 Å². The Balaban J connectivity index is 1.72. The van der Waals surface area contributed by atoms with Crippen molar-refractivity contribution in [2.24, 2.45) is 0 Å². The molecule has 1 heterocycles. The van der Waals surface area contributed by atoms with Crippen LogP contribution in [0.15, 0.2) is 47.3 Å². The van der Waals surface area contributed by atoms with Crippen molar-refractivity contribution in [1.82, 2.24) is 20.5 Å². The van der Waals surface area contributed by atoms with Gasteiger partial charge < -0.3 is 14.3 Å². The van der Waals surface area contributed by atoms with Crippen molar-refractivity contribution >= 4 is 16.9 Å². The topological polar surface area (TPSA) is 105 Å². The molecule has 0 unspecified atom stereocenters. The Morgan fingerprint density at radius 3 is 2.41 bits per heavy atom. The summed E-state index contributed by atoms with van der Waals surface area (Å²) in [6.45, 7) is 3.64. The maximum absolute atomic E-state index is 12.4. The predicted octanol–water partition coefficient (Wildman–Crippen LogP) is 1.29. The number of carbonyl (C=O) groups excluding carboxylic acids is 1. The van der Waals surface area contributed by atoms with E-state index in [9.17, 15) is 9.59 Å². The van der Waals surface area contributed by atoms with Gasteiger partial charge in [0.2, 0.25) is 0 Å². The molecule has 0 amide bonds. The van der Waals surface area contributed by atoms with Gasteiger partial charge in [0.05, 0.1) is 26.2 Å². The van der Waals surface area contributed by atoms with Crippen LogP contribution in [0.3, 0.4) is 0 Å². The van der Waals surface area contributed by atoms with Gasteiger partial charge in [-0.25, -0.2) is 4.79 Å². The van der Waals surface area contributed by atoms with E-state index in [0.29, 0.717) is 27.2 Å². The van der Waals surface area contributed by atoms with Crippen molar-refractivity contribution < 1.29 is 19.1 Å². The summed E-state index contributed by atoms with van der Waals surface area (Å²) in [5.74, 6) is 0.587. The molecular formula is C20H22N4O5. The van der Waals surface area contributed by atoms with Crippen LogP contribution in [0.25, 0.3) is 10.9 Å². The first-order chi connectivity index (χ1) is 13.8. The van der Waals surface area contributed by atoms with E-state index in [1.807, 2.05) is 26.0 Å². The quantitative estimate of drug-likeness (QED) is 0.594. The number of benzene rings is 2. The summed E-state index contributed by atoms with van der Waals surface area (Å²) < 4.78 is 10.6. The molecule has 0 radical (unpaired) electrons. The van der Waals surface area contributed by atoms with Crippen LogP contribution in [-0.2, 0) is 10.3 Å². The molecule has 2 aromatic carbocycles. The van der Waals surface area contributed by atoms with Gasteiger partial charge in [0, 0.05) is 11.6 Å². The van der Waals surface area contributed by atoms with E-state index in [0.717, 1.165) is 5.56 Å². The first-order valence-electron chi connectivity index (χ1n) is 8.88. The molecule has 0 saturated heterocycles. The molecule has 0 aliphatic heterocycles. The Labute approximate surface area is 167 Å². The minimum atomic E-state index is -0.681. The molecule has 0 spiro atoms. The normalized spacial score (nSPS) is 11.3. The second-order valence-corrected chi connectivity index (χ2v) is 6.83. The minimum absolute atomic E-state index is 0.159. The summed E-state index contributed by atoms with van der Waals surface area (Å²) in [5, 5.41) is 10.9. The van der Waals surface area contributed by atoms with E-state index in [1.54, 1.807) is 44.6 Å². The Bertz CT molecular complexity index is 1070. The zero-order chi connectivity index (χ0) is 21.0. The standard InChI is InChI=1S/C20H22N4O5/c1-20(2,13-9-14(27-3)11-15(10-13)28-4)21-12-18(25)29-24-19(26)16-7-5-6-8-17(16)22-23-24/h5-11,21H,12H2,1-4H3. The third-order valence-electron chi connectivity index (χ3n) is 4.48. The van der Waals surface area contributed by atoms with Gasteiger partial charge in [0.1, 0.15) is 17.0 Å². The van der Waals surface area contributed by atoms with E-state index in [2.05, 4.69) is 15.6 Å².